The first kappa shape index (κ1) is 24.3. The highest BCUT2D eigenvalue weighted by Crippen LogP contribution is 2.25. The van der Waals surface area contributed by atoms with E-state index in [1.54, 1.807) is 0 Å². The maximum Gasteiger partial charge on any atom is 0.127 e. The van der Waals surface area contributed by atoms with Crippen LogP contribution in [0.25, 0.3) is 11.3 Å². The van der Waals surface area contributed by atoms with Crippen molar-refractivity contribution in [1.29, 1.82) is 0 Å². The Hall–Kier alpha value is -3.81. The molecule has 0 spiro atoms. The van der Waals surface area contributed by atoms with E-state index in [2.05, 4.69) is 27.5 Å². The number of hydrogen-bond acceptors (Lipinski definition) is 6. The Kier molecular flexibility index (Phi) is 8.75. The van der Waals surface area contributed by atoms with Gasteiger partial charge in [0.1, 0.15) is 36.2 Å². The first-order valence-corrected chi connectivity index (χ1v) is 11.8. The second-order valence-corrected chi connectivity index (χ2v) is 8.21. The van der Waals surface area contributed by atoms with Crippen molar-refractivity contribution in [3.05, 3.63) is 90.6 Å². The molecule has 4 aromatic rings. The van der Waals surface area contributed by atoms with Gasteiger partial charge in [0, 0.05) is 37.0 Å². The third kappa shape index (κ3) is 7.34. The Morgan fingerprint density at radius 1 is 0.800 bits per heavy atom. The zero-order chi connectivity index (χ0) is 24.3. The average molecular weight is 473 g/mol. The number of aromatic nitrogens is 2. The summed E-state index contributed by atoms with van der Waals surface area (Å²) in [5, 5.41) is 10.6. The minimum Gasteiger partial charge on any atom is -0.490 e. The molecule has 0 aliphatic heterocycles. The highest BCUT2D eigenvalue weighted by molar-refractivity contribution is 5.63. The molecule has 182 valence electrons. The van der Waals surface area contributed by atoms with Gasteiger partial charge in [0.05, 0.1) is 5.69 Å². The number of hydrogen-bond donors (Lipinski definition) is 2. The largest absolute Gasteiger partial charge is 0.490 e. The predicted octanol–water partition coefficient (Wildman–Crippen LogP) is 4.98. The van der Waals surface area contributed by atoms with Crippen LogP contribution in [0.1, 0.15) is 5.56 Å². The molecule has 7 nitrogen and oxygen atoms in total. The molecule has 1 heterocycles. The van der Waals surface area contributed by atoms with Gasteiger partial charge in [-0.1, -0.05) is 18.2 Å². The zero-order valence-corrected chi connectivity index (χ0v) is 20.2. The Morgan fingerprint density at radius 2 is 1.40 bits per heavy atom. The molecule has 0 saturated heterocycles. The monoisotopic (exact) mass is 472 g/mol. The molecule has 0 saturated carbocycles. The van der Waals surface area contributed by atoms with Crippen molar-refractivity contribution in [3.63, 3.8) is 0 Å². The van der Waals surface area contributed by atoms with E-state index < -0.39 is 0 Å². The summed E-state index contributed by atoms with van der Waals surface area (Å²) in [6.45, 7) is 3.66. The lowest BCUT2D eigenvalue weighted by Gasteiger charge is -2.16. The lowest BCUT2D eigenvalue weighted by molar-refractivity contribution is 0.217. The molecule has 2 N–H and O–H groups in total. The van der Waals surface area contributed by atoms with Crippen molar-refractivity contribution in [3.8, 4) is 34.3 Å². The molecule has 0 bridgehead atoms. The SMILES string of the molecule is CNCCN(C)Cc1c[nH]nc1-c1ccc(OCCOc2ccc(Oc3ccccc3)cc2)cc1. The van der Waals surface area contributed by atoms with E-state index in [-0.39, 0.29) is 0 Å². The van der Waals surface area contributed by atoms with Gasteiger partial charge in [-0.2, -0.15) is 5.10 Å². The van der Waals surface area contributed by atoms with Gasteiger partial charge in [-0.25, -0.2) is 0 Å². The molecule has 0 unspecified atom stereocenters. The van der Waals surface area contributed by atoms with E-state index in [1.165, 1.54) is 5.56 Å². The summed E-state index contributed by atoms with van der Waals surface area (Å²) >= 11 is 0. The van der Waals surface area contributed by atoms with E-state index in [9.17, 15) is 0 Å². The smallest absolute Gasteiger partial charge is 0.127 e. The summed E-state index contributed by atoms with van der Waals surface area (Å²) in [5.74, 6) is 3.15. The van der Waals surface area contributed by atoms with Crippen LogP contribution in [0, 0.1) is 0 Å². The average Bonchev–Trinajstić information content (AvgIpc) is 3.35. The first-order valence-electron chi connectivity index (χ1n) is 11.8. The molecule has 0 amide bonds. The van der Waals surface area contributed by atoms with Crippen LogP contribution >= 0.6 is 0 Å². The maximum atomic E-state index is 5.85. The normalized spacial score (nSPS) is 10.9. The van der Waals surface area contributed by atoms with E-state index in [0.29, 0.717) is 13.2 Å². The van der Waals surface area contributed by atoms with Gasteiger partial charge in [-0.15, -0.1) is 0 Å². The summed E-state index contributed by atoms with van der Waals surface area (Å²) in [7, 11) is 4.08. The van der Waals surface area contributed by atoms with Crippen LogP contribution in [0.5, 0.6) is 23.0 Å². The minimum absolute atomic E-state index is 0.448. The van der Waals surface area contributed by atoms with Crippen LogP contribution in [0.2, 0.25) is 0 Å². The van der Waals surface area contributed by atoms with E-state index >= 15 is 0 Å². The highest BCUT2D eigenvalue weighted by atomic mass is 16.5. The fourth-order valence-corrected chi connectivity index (χ4v) is 3.61. The molecular formula is C28H32N4O3. The lowest BCUT2D eigenvalue weighted by atomic mass is 10.1. The van der Waals surface area contributed by atoms with Gasteiger partial charge < -0.3 is 24.4 Å². The fraction of sp³-hybridized carbons (Fsp3) is 0.250. The molecule has 1 aromatic heterocycles. The van der Waals surface area contributed by atoms with Crippen molar-refractivity contribution in [2.24, 2.45) is 0 Å². The molecule has 0 fully saturated rings. The van der Waals surface area contributed by atoms with Gasteiger partial charge in [0.25, 0.3) is 0 Å². The quantitative estimate of drug-likeness (QED) is 0.268. The number of aromatic amines is 1. The molecule has 3 aromatic carbocycles. The lowest BCUT2D eigenvalue weighted by Crippen LogP contribution is -2.26. The van der Waals surface area contributed by atoms with Gasteiger partial charge in [0.2, 0.25) is 0 Å². The van der Waals surface area contributed by atoms with Gasteiger partial charge in [0.15, 0.2) is 0 Å². The summed E-state index contributed by atoms with van der Waals surface area (Å²) in [4.78, 5) is 2.27. The maximum absolute atomic E-state index is 5.85. The van der Waals surface area contributed by atoms with E-state index in [4.69, 9.17) is 14.2 Å². The first-order chi connectivity index (χ1) is 17.2. The summed E-state index contributed by atoms with van der Waals surface area (Å²) in [5.41, 5.74) is 3.20. The van der Waals surface area contributed by atoms with Gasteiger partial charge in [-0.3, -0.25) is 5.10 Å². The second-order valence-electron chi connectivity index (χ2n) is 8.21. The molecule has 0 radical (unpaired) electrons. The van der Waals surface area contributed by atoms with Crippen LogP contribution in [-0.2, 0) is 6.54 Å². The van der Waals surface area contributed by atoms with Crippen molar-refractivity contribution in [2.45, 2.75) is 6.54 Å². The van der Waals surface area contributed by atoms with Crippen molar-refractivity contribution < 1.29 is 14.2 Å². The Morgan fingerprint density at radius 3 is 2.06 bits per heavy atom. The standard InChI is InChI=1S/C28H32N4O3/c1-29-16-17-32(2)21-23-20-30-31-28(23)22-8-10-24(11-9-22)33-18-19-34-25-12-14-27(15-13-25)35-26-6-4-3-5-7-26/h3-15,20,29H,16-19,21H2,1-2H3,(H,30,31). The highest BCUT2D eigenvalue weighted by Gasteiger charge is 2.11. The number of H-pyrrole nitrogens is 1. The Balaban J connectivity index is 1.22. The van der Waals surface area contributed by atoms with Crippen molar-refractivity contribution in [1.82, 2.24) is 20.4 Å². The number of nitrogens with one attached hydrogen (secondary N) is 2. The Labute approximate surface area is 206 Å². The second kappa shape index (κ2) is 12.6. The van der Waals surface area contributed by atoms with Gasteiger partial charge in [-0.05, 0) is 74.8 Å². The van der Waals surface area contributed by atoms with Crippen LogP contribution in [0.4, 0.5) is 0 Å². The van der Waals surface area contributed by atoms with E-state index in [0.717, 1.165) is 53.9 Å². The number of ether oxygens (including phenoxy) is 3. The van der Waals surface area contributed by atoms with Crippen LogP contribution in [-0.4, -0.2) is 55.5 Å². The number of benzene rings is 3. The summed E-state index contributed by atoms with van der Waals surface area (Å²) < 4.78 is 17.4. The number of likely N-dealkylation sites (N-methyl/N-ethyl adjacent to an activating group) is 2. The van der Waals surface area contributed by atoms with Gasteiger partial charge >= 0.3 is 0 Å². The molecular weight excluding hydrogens is 440 g/mol. The summed E-state index contributed by atoms with van der Waals surface area (Å²) in [6.07, 6.45) is 1.97. The topological polar surface area (TPSA) is 71.6 Å². The Bertz CT molecular complexity index is 1150. The fourth-order valence-electron chi connectivity index (χ4n) is 3.61. The number of rotatable bonds is 13. The number of nitrogens with zero attached hydrogens (tertiary/aromatic N) is 2. The van der Waals surface area contributed by atoms with Crippen molar-refractivity contribution >= 4 is 0 Å². The predicted molar refractivity (Wildman–Crippen MR) is 138 cm³/mol. The van der Waals surface area contributed by atoms with E-state index in [1.807, 2.05) is 92.1 Å². The molecule has 4 rings (SSSR count). The summed E-state index contributed by atoms with van der Waals surface area (Å²) in [6, 6.07) is 25.3. The zero-order valence-electron chi connectivity index (χ0n) is 20.2. The molecule has 7 heteroatoms. The van der Waals surface area contributed by atoms with Crippen LogP contribution < -0.4 is 19.5 Å². The minimum atomic E-state index is 0.448. The molecule has 0 atom stereocenters. The molecule has 0 aliphatic rings. The molecule has 35 heavy (non-hydrogen) atoms. The number of para-hydroxylation sites is 1. The van der Waals surface area contributed by atoms with Crippen LogP contribution in [0.15, 0.2) is 85.1 Å². The third-order valence-electron chi connectivity index (χ3n) is 5.45. The molecule has 0 aliphatic carbocycles. The third-order valence-corrected chi connectivity index (χ3v) is 5.45. The van der Waals surface area contributed by atoms with Crippen LogP contribution in [0.3, 0.4) is 0 Å². The van der Waals surface area contributed by atoms with Crippen molar-refractivity contribution in [2.75, 3.05) is 40.4 Å².